The number of esters is 1. The van der Waals surface area contributed by atoms with Crippen molar-refractivity contribution in [2.24, 2.45) is 0 Å². The fourth-order valence-electron chi connectivity index (χ4n) is 3.36. The number of carbonyl (C=O) groups excluding carboxylic acids is 4. The van der Waals surface area contributed by atoms with Crippen molar-refractivity contribution in [3.05, 3.63) is 65.2 Å². The number of amidine groups is 1. The number of methoxy groups -OCH3 is 1. The summed E-state index contributed by atoms with van der Waals surface area (Å²) in [5.41, 5.74) is -0.385. The second kappa shape index (κ2) is 15.8. The molecule has 0 bridgehead atoms. The van der Waals surface area contributed by atoms with Crippen LogP contribution >= 0.6 is 0 Å². The molecule has 43 heavy (non-hydrogen) atoms. The number of amides is 2. The van der Waals surface area contributed by atoms with Crippen LogP contribution in [0.1, 0.15) is 67.8 Å². The molecule has 1 atom stereocenters. The van der Waals surface area contributed by atoms with Gasteiger partial charge in [-0.15, -0.1) is 0 Å². The smallest absolute Gasteiger partial charge is 0.413 e. The van der Waals surface area contributed by atoms with Crippen LogP contribution in [-0.2, 0) is 23.7 Å². The number of alkyl carbamates (subject to hydrolysis) is 1. The molecule has 0 saturated heterocycles. The molecule has 0 saturated carbocycles. The lowest BCUT2D eigenvalue weighted by molar-refractivity contribution is -0.147. The normalized spacial score (nSPS) is 12.1. The molecule has 0 aromatic heterocycles. The van der Waals surface area contributed by atoms with E-state index in [-0.39, 0.29) is 43.6 Å². The first-order valence-electron chi connectivity index (χ1n) is 13.6. The number of carbonyl (C=O) groups is 4. The zero-order valence-electron chi connectivity index (χ0n) is 25.7. The van der Waals surface area contributed by atoms with E-state index in [1.54, 1.807) is 20.8 Å². The minimum absolute atomic E-state index is 0.0812. The fourth-order valence-corrected chi connectivity index (χ4v) is 3.36. The van der Waals surface area contributed by atoms with Crippen molar-refractivity contribution in [1.29, 1.82) is 5.41 Å². The Morgan fingerprint density at radius 1 is 0.814 bits per heavy atom. The van der Waals surface area contributed by atoms with Crippen molar-refractivity contribution in [2.45, 2.75) is 58.8 Å². The van der Waals surface area contributed by atoms with Crippen molar-refractivity contribution in [3.63, 3.8) is 0 Å². The Kier molecular flexibility index (Phi) is 12.8. The first-order valence-corrected chi connectivity index (χ1v) is 13.6. The van der Waals surface area contributed by atoms with Gasteiger partial charge in [-0.2, -0.15) is 0 Å². The topological polar surface area (TPSA) is 162 Å². The number of nitrogens with one attached hydrogen (secondary N) is 3. The van der Waals surface area contributed by atoms with Gasteiger partial charge < -0.3 is 29.0 Å². The summed E-state index contributed by atoms with van der Waals surface area (Å²) in [7, 11) is 1.50. The molecule has 2 amide bonds. The van der Waals surface area contributed by atoms with E-state index in [0.717, 1.165) is 0 Å². The molecule has 12 heteroatoms. The average molecular weight is 600 g/mol. The number of rotatable bonds is 13. The minimum atomic E-state index is -1.01. The molecular formula is C31H41N3O9. The molecule has 3 N–H and O–H groups in total. The molecule has 0 heterocycles. The Morgan fingerprint density at radius 2 is 1.40 bits per heavy atom. The number of benzene rings is 2. The van der Waals surface area contributed by atoms with E-state index in [1.807, 2.05) is 20.8 Å². The Labute approximate surface area is 251 Å². The molecular weight excluding hydrogens is 558 g/mol. The van der Waals surface area contributed by atoms with Crippen LogP contribution in [0.5, 0.6) is 5.75 Å². The van der Waals surface area contributed by atoms with Gasteiger partial charge in [-0.25, -0.2) is 9.59 Å². The van der Waals surface area contributed by atoms with Crippen LogP contribution < -0.4 is 15.4 Å². The summed E-state index contributed by atoms with van der Waals surface area (Å²) in [5.74, 6) is -1.30. The van der Waals surface area contributed by atoms with Crippen molar-refractivity contribution in [3.8, 4) is 5.75 Å². The SMILES string of the molecule is COCCOC(=O)COc1ccc(C(=O)[C@H](COC(C)(C)C)NC(=O)c2ccc(C(=N)NC(=O)OC(C)(C)C)cc2)cc1. The first-order chi connectivity index (χ1) is 20.1. The summed E-state index contributed by atoms with van der Waals surface area (Å²) in [6, 6.07) is 11.1. The maximum Gasteiger partial charge on any atom is 0.413 e. The summed E-state index contributed by atoms with van der Waals surface area (Å²) in [4.78, 5) is 50.2. The number of hydrogen-bond acceptors (Lipinski definition) is 10. The predicted octanol–water partition coefficient (Wildman–Crippen LogP) is 3.90. The van der Waals surface area contributed by atoms with Crippen molar-refractivity contribution in [1.82, 2.24) is 10.6 Å². The fraction of sp³-hybridized carbons (Fsp3) is 0.452. The average Bonchev–Trinajstić information content (AvgIpc) is 2.92. The van der Waals surface area contributed by atoms with E-state index in [9.17, 15) is 19.2 Å². The first kappa shape index (κ1) is 34.9. The van der Waals surface area contributed by atoms with Crippen LogP contribution in [0.4, 0.5) is 4.79 Å². The maximum absolute atomic E-state index is 13.4. The highest BCUT2D eigenvalue weighted by molar-refractivity contribution is 6.06. The van der Waals surface area contributed by atoms with Gasteiger partial charge in [-0.1, -0.05) is 12.1 Å². The van der Waals surface area contributed by atoms with Crippen LogP contribution in [0.2, 0.25) is 0 Å². The van der Waals surface area contributed by atoms with Crippen LogP contribution in [0.25, 0.3) is 0 Å². The predicted molar refractivity (Wildman–Crippen MR) is 159 cm³/mol. The third kappa shape index (κ3) is 13.0. The molecule has 0 aliphatic heterocycles. The van der Waals surface area contributed by atoms with E-state index >= 15 is 0 Å². The van der Waals surface area contributed by atoms with Gasteiger partial charge in [0.05, 0.1) is 18.8 Å². The Bertz CT molecular complexity index is 1260. The molecule has 0 aliphatic rings. The number of Topliss-reactive ketones (excluding diaryl/α,β-unsaturated/α-hetero) is 1. The van der Waals surface area contributed by atoms with Crippen LogP contribution in [0, 0.1) is 5.41 Å². The van der Waals surface area contributed by atoms with Gasteiger partial charge in [0, 0.05) is 23.8 Å². The second-order valence-electron chi connectivity index (χ2n) is 11.4. The molecule has 234 valence electrons. The molecule has 2 aromatic rings. The van der Waals surface area contributed by atoms with E-state index in [1.165, 1.54) is 55.6 Å². The third-order valence-corrected chi connectivity index (χ3v) is 5.41. The van der Waals surface area contributed by atoms with E-state index in [0.29, 0.717) is 16.9 Å². The van der Waals surface area contributed by atoms with E-state index in [4.69, 9.17) is 29.1 Å². The summed E-state index contributed by atoms with van der Waals surface area (Å²) in [6.45, 7) is 10.7. The second-order valence-corrected chi connectivity index (χ2v) is 11.4. The summed E-state index contributed by atoms with van der Waals surface area (Å²) in [5, 5.41) is 13.2. The van der Waals surface area contributed by atoms with Gasteiger partial charge in [0.2, 0.25) is 0 Å². The zero-order chi connectivity index (χ0) is 32.2. The quantitative estimate of drug-likeness (QED) is 0.102. The number of ether oxygens (including phenoxy) is 5. The maximum atomic E-state index is 13.4. The van der Waals surface area contributed by atoms with Gasteiger partial charge in [0.25, 0.3) is 5.91 Å². The molecule has 0 radical (unpaired) electrons. The molecule has 0 spiro atoms. The third-order valence-electron chi connectivity index (χ3n) is 5.41. The van der Waals surface area contributed by atoms with Crippen molar-refractivity contribution < 1.29 is 42.9 Å². The van der Waals surface area contributed by atoms with Gasteiger partial charge in [0.15, 0.2) is 12.4 Å². The highest BCUT2D eigenvalue weighted by atomic mass is 16.6. The molecule has 12 nitrogen and oxygen atoms in total. The minimum Gasteiger partial charge on any atom is -0.482 e. The lowest BCUT2D eigenvalue weighted by atomic mass is 10.0. The number of hydrogen-bond donors (Lipinski definition) is 3. The van der Waals surface area contributed by atoms with E-state index < -0.39 is 35.2 Å². The molecule has 2 aromatic carbocycles. The van der Waals surface area contributed by atoms with Gasteiger partial charge >= 0.3 is 12.1 Å². The monoisotopic (exact) mass is 599 g/mol. The molecule has 0 aliphatic carbocycles. The highest BCUT2D eigenvalue weighted by Gasteiger charge is 2.26. The van der Waals surface area contributed by atoms with Crippen LogP contribution in [0.3, 0.4) is 0 Å². The Balaban J connectivity index is 2.08. The largest absolute Gasteiger partial charge is 0.482 e. The van der Waals surface area contributed by atoms with Crippen LogP contribution in [0.15, 0.2) is 48.5 Å². The van der Waals surface area contributed by atoms with Crippen molar-refractivity contribution in [2.75, 3.05) is 33.5 Å². The summed E-state index contributed by atoms with van der Waals surface area (Å²) >= 11 is 0. The lowest BCUT2D eigenvalue weighted by Gasteiger charge is -2.24. The number of ketones is 1. The molecule has 2 rings (SSSR count). The van der Waals surface area contributed by atoms with Crippen molar-refractivity contribution >= 4 is 29.6 Å². The van der Waals surface area contributed by atoms with Gasteiger partial charge in [-0.05, 0) is 77.9 Å². The zero-order valence-corrected chi connectivity index (χ0v) is 25.7. The summed E-state index contributed by atoms with van der Waals surface area (Å²) < 4.78 is 26.2. The van der Waals surface area contributed by atoms with Crippen LogP contribution in [-0.4, -0.2) is 80.4 Å². The van der Waals surface area contributed by atoms with E-state index in [2.05, 4.69) is 10.6 Å². The highest BCUT2D eigenvalue weighted by Crippen LogP contribution is 2.16. The lowest BCUT2D eigenvalue weighted by Crippen LogP contribution is -2.45. The Morgan fingerprint density at radius 3 is 1.95 bits per heavy atom. The molecule has 0 fully saturated rings. The van der Waals surface area contributed by atoms with Gasteiger partial charge in [0.1, 0.15) is 29.8 Å². The summed E-state index contributed by atoms with van der Waals surface area (Å²) in [6.07, 6.45) is -0.764. The van der Waals surface area contributed by atoms with Gasteiger partial charge in [-0.3, -0.25) is 20.3 Å². The Hall–Kier alpha value is -4.29. The molecule has 0 unspecified atom stereocenters. The standard InChI is InChI=1S/C31H41N3O9/c1-30(2,3)42-18-24(26(36)20-12-14-23(15-13-20)41-19-25(35)40-17-16-39-7)33-28(37)22-10-8-21(9-11-22)27(32)34-29(38)43-31(4,5)6/h8-15,24H,16-19H2,1-7H3,(H,33,37)(H2,32,34,38)/t24-/m0/s1.